The molecule has 0 aliphatic heterocycles. The molecular weight excluding hydrogens is 240 g/mol. The van der Waals surface area contributed by atoms with Crippen LogP contribution in [-0.2, 0) is 6.54 Å². The third kappa shape index (κ3) is 3.56. The summed E-state index contributed by atoms with van der Waals surface area (Å²) < 4.78 is 2.03. The number of aryl methyl sites for hydroxylation is 1. The van der Waals surface area contributed by atoms with E-state index < -0.39 is 0 Å². The molecule has 0 aliphatic rings. The van der Waals surface area contributed by atoms with Crippen LogP contribution in [0.3, 0.4) is 0 Å². The number of nitrogens with one attached hydrogen (secondary N) is 1. The van der Waals surface area contributed by atoms with Crippen molar-refractivity contribution in [2.75, 3.05) is 17.6 Å². The van der Waals surface area contributed by atoms with Gasteiger partial charge in [-0.2, -0.15) is 9.97 Å². The van der Waals surface area contributed by atoms with Crippen molar-refractivity contribution >= 4 is 22.9 Å². The Hall–Kier alpha value is -1.85. The smallest absolute Gasteiger partial charge is 0.224 e. The second-order valence-corrected chi connectivity index (χ2v) is 3.92. The van der Waals surface area contributed by atoms with E-state index in [1.54, 1.807) is 6.33 Å². The van der Waals surface area contributed by atoms with Crippen LogP contribution in [0.4, 0.5) is 11.8 Å². The predicted molar refractivity (Wildman–Crippen MR) is 80.2 cm³/mol. The van der Waals surface area contributed by atoms with E-state index in [1.165, 1.54) is 0 Å². The van der Waals surface area contributed by atoms with Crippen molar-refractivity contribution < 1.29 is 0 Å². The Morgan fingerprint density at radius 2 is 2.00 bits per heavy atom. The molecule has 0 aromatic carbocycles. The molecule has 0 amide bonds. The molecule has 2 aromatic heterocycles. The normalized spacial score (nSPS) is 10.1. The molecule has 2 heterocycles. The van der Waals surface area contributed by atoms with Gasteiger partial charge >= 0.3 is 0 Å². The summed E-state index contributed by atoms with van der Waals surface area (Å²) in [7, 11) is 0. The Labute approximate surface area is 114 Å². The minimum absolute atomic E-state index is 0.284. The van der Waals surface area contributed by atoms with E-state index in [1.807, 2.05) is 25.3 Å². The molecule has 0 saturated heterocycles. The van der Waals surface area contributed by atoms with E-state index in [-0.39, 0.29) is 5.95 Å². The largest absolute Gasteiger partial charge is 0.368 e. The molecule has 6 nitrogen and oxygen atoms in total. The first kappa shape index (κ1) is 15.2. The van der Waals surface area contributed by atoms with E-state index in [2.05, 4.69) is 27.2 Å². The highest BCUT2D eigenvalue weighted by atomic mass is 15.2. The molecule has 106 valence electrons. The number of anilines is 2. The van der Waals surface area contributed by atoms with Gasteiger partial charge in [0, 0.05) is 13.1 Å². The van der Waals surface area contributed by atoms with Crippen molar-refractivity contribution in [3.8, 4) is 0 Å². The first-order valence-corrected chi connectivity index (χ1v) is 6.98. The van der Waals surface area contributed by atoms with E-state index in [4.69, 9.17) is 5.73 Å². The lowest BCUT2D eigenvalue weighted by molar-refractivity contribution is 0.642. The maximum atomic E-state index is 5.71. The summed E-state index contributed by atoms with van der Waals surface area (Å²) in [5, 5.41) is 3.15. The van der Waals surface area contributed by atoms with Crippen molar-refractivity contribution in [3.05, 3.63) is 6.33 Å². The van der Waals surface area contributed by atoms with Crippen LogP contribution in [0.2, 0.25) is 0 Å². The second kappa shape index (κ2) is 7.56. The monoisotopic (exact) mass is 264 g/mol. The number of unbranched alkanes of at least 4 members (excludes halogenated alkanes) is 1. The number of fused-ring (bicyclic) bond motifs is 1. The molecule has 0 bridgehead atoms. The van der Waals surface area contributed by atoms with Gasteiger partial charge in [0.1, 0.15) is 0 Å². The van der Waals surface area contributed by atoms with Gasteiger partial charge in [-0.15, -0.1) is 0 Å². The van der Waals surface area contributed by atoms with Crippen LogP contribution in [-0.4, -0.2) is 26.1 Å². The Balaban J connectivity index is 0.000000861. The van der Waals surface area contributed by atoms with Gasteiger partial charge in [-0.25, -0.2) is 4.98 Å². The summed E-state index contributed by atoms with van der Waals surface area (Å²) in [6, 6.07) is 0. The molecule has 0 saturated carbocycles. The molecule has 0 unspecified atom stereocenters. The molecule has 0 fully saturated rings. The van der Waals surface area contributed by atoms with E-state index in [0.717, 1.165) is 37.1 Å². The Morgan fingerprint density at radius 1 is 1.26 bits per heavy atom. The van der Waals surface area contributed by atoms with Crippen LogP contribution in [0.5, 0.6) is 0 Å². The molecule has 0 atom stereocenters. The average molecular weight is 264 g/mol. The van der Waals surface area contributed by atoms with Crippen molar-refractivity contribution in [1.82, 2.24) is 19.5 Å². The highest BCUT2D eigenvalue weighted by Crippen LogP contribution is 2.19. The van der Waals surface area contributed by atoms with Gasteiger partial charge in [0.15, 0.2) is 17.0 Å². The fraction of sp³-hybridized carbons (Fsp3) is 0.615. The minimum atomic E-state index is 0.284. The van der Waals surface area contributed by atoms with Crippen molar-refractivity contribution in [2.24, 2.45) is 0 Å². The summed E-state index contributed by atoms with van der Waals surface area (Å²) in [5.74, 6) is 0.997. The number of hydrogen-bond acceptors (Lipinski definition) is 5. The van der Waals surface area contributed by atoms with Crippen LogP contribution in [0, 0.1) is 0 Å². The number of aromatic nitrogens is 4. The maximum Gasteiger partial charge on any atom is 0.224 e. The standard InChI is InChI=1S/C11H18N6.C2H6/c1-3-5-6-17-7-14-8-9(13-4-2)15-11(12)16-10(8)17;1-2/h7H,3-6H2,1-2H3,(H3,12,13,15,16);1-2H3. The molecular formula is C13H24N6. The molecule has 3 N–H and O–H groups in total. The number of nitrogen functional groups attached to an aromatic ring is 1. The van der Waals surface area contributed by atoms with E-state index >= 15 is 0 Å². The van der Waals surface area contributed by atoms with Gasteiger partial charge in [-0.1, -0.05) is 27.2 Å². The van der Waals surface area contributed by atoms with Gasteiger partial charge in [-0.05, 0) is 13.3 Å². The second-order valence-electron chi connectivity index (χ2n) is 3.92. The van der Waals surface area contributed by atoms with Crippen LogP contribution < -0.4 is 11.1 Å². The van der Waals surface area contributed by atoms with Gasteiger partial charge < -0.3 is 15.6 Å². The van der Waals surface area contributed by atoms with Crippen LogP contribution in [0.25, 0.3) is 11.2 Å². The van der Waals surface area contributed by atoms with Gasteiger partial charge in [0.25, 0.3) is 0 Å². The minimum Gasteiger partial charge on any atom is -0.368 e. The zero-order valence-electron chi connectivity index (χ0n) is 12.3. The molecule has 0 aliphatic carbocycles. The lowest BCUT2D eigenvalue weighted by Gasteiger charge is -2.05. The zero-order valence-corrected chi connectivity index (χ0v) is 12.3. The molecule has 19 heavy (non-hydrogen) atoms. The van der Waals surface area contributed by atoms with Gasteiger partial charge in [-0.3, -0.25) is 0 Å². The van der Waals surface area contributed by atoms with Gasteiger partial charge in [0.05, 0.1) is 6.33 Å². The number of rotatable bonds is 5. The zero-order chi connectivity index (χ0) is 14.3. The SMILES string of the molecule is CC.CCCCn1cnc2c(NCC)nc(N)nc21. The summed E-state index contributed by atoms with van der Waals surface area (Å²) in [6.45, 7) is 9.87. The summed E-state index contributed by atoms with van der Waals surface area (Å²) in [6.07, 6.45) is 4.04. The van der Waals surface area contributed by atoms with Crippen molar-refractivity contribution in [1.29, 1.82) is 0 Å². The number of nitrogens with two attached hydrogens (primary N) is 1. The highest BCUT2D eigenvalue weighted by Gasteiger charge is 2.11. The van der Waals surface area contributed by atoms with Crippen LogP contribution in [0.15, 0.2) is 6.33 Å². The predicted octanol–water partition coefficient (Wildman–Crippen LogP) is 2.67. The van der Waals surface area contributed by atoms with Crippen LogP contribution in [0.1, 0.15) is 40.5 Å². The van der Waals surface area contributed by atoms with Crippen molar-refractivity contribution in [3.63, 3.8) is 0 Å². The lowest BCUT2D eigenvalue weighted by Crippen LogP contribution is -2.06. The molecule has 6 heteroatoms. The Bertz CT molecular complexity index is 505. The summed E-state index contributed by atoms with van der Waals surface area (Å²) in [4.78, 5) is 12.8. The van der Waals surface area contributed by atoms with Crippen molar-refractivity contribution in [2.45, 2.75) is 47.1 Å². The van der Waals surface area contributed by atoms with Gasteiger partial charge in [0.2, 0.25) is 5.95 Å². The van der Waals surface area contributed by atoms with E-state index in [9.17, 15) is 0 Å². The maximum absolute atomic E-state index is 5.71. The fourth-order valence-electron chi connectivity index (χ4n) is 1.74. The highest BCUT2D eigenvalue weighted by molar-refractivity contribution is 5.84. The van der Waals surface area contributed by atoms with Crippen LogP contribution >= 0.6 is 0 Å². The topological polar surface area (TPSA) is 81.7 Å². The third-order valence-electron chi connectivity index (χ3n) is 2.58. The third-order valence-corrected chi connectivity index (χ3v) is 2.58. The molecule has 0 radical (unpaired) electrons. The molecule has 0 spiro atoms. The lowest BCUT2D eigenvalue weighted by atomic mass is 10.3. The number of hydrogen-bond donors (Lipinski definition) is 2. The quantitative estimate of drug-likeness (QED) is 0.867. The molecule has 2 rings (SSSR count). The number of nitrogens with zero attached hydrogens (tertiary/aromatic N) is 4. The first-order valence-electron chi connectivity index (χ1n) is 6.98. The Kier molecular flexibility index (Phi) is 6.05. The number of imidazole rings is 1. The summed E-state index contributed by atoms with van der Waals surface area (Å²) in [5.41, 5.74) is 7.30. The summed E-state index contributed by atoms with van der Waals surface area (Å²) >= 11 is 0. The fourth-order valence-corrected chi connectivity index (χ4v) is 1.74. The van der Waals surface area contributed by atoms with E-state index in [0.29, 0.717) is 5.82 Å². The average Bonchev–Trinajstić information content (AvgIpc) is 2.82. The first-order chi connectivity index (χ1) is 9.26. The molecule has 2 aromatic rings. The Morgan fingerprint density at radius 3 is 2.63 bits per heavy atom.